The SMILES string of the molecule is Nc1nc(OC(c2ccc(Cl)cc2-c2cccc(OC(F)(F)F)c2)C(F)(F)F)cc(N2CCC3(CC2)CN[C@H](C(=O)O)C3)n1. The molecule has 0 saturated carbocycles. The number of carbonyl (C=O) groups is 1. The van der Waals surface area contributed by atoms with Crippen LogP contribution >= 0.6 is 11.6 Å². The van der Waals surface area contributed by atoms with E-state index in [-0.39, 0.29) is 33.3 Å². The topological polar surface area (TPSA) is 123 Å². The van der Waals surface area contributed by atoms with Gasteiger partial charge in [-0.2, -0.15) is 23.1 Å². The first kappa shape index (κ1) is 31.4. The molecule has 16 heteroatoms. The summed E-state index contributed by atoms with van der Waals surface area (Å²) in [4.78, 5) is 21.2. The average Bonchev–Trinajstić information content (AvgIpc) is 3.34. The zero-order valence-electron chi connectivity index (χ0n) is 22.8. The van der Waals surface area contributed by atoms with Crippen molar-refractivity contribution in [1.82, 2.24) is 15.3 Å². The molecule has 1 spiro atoms. The van der Waals surface area contributed by atoms with Gasteiger partial charge < -0.3 is 30.5 Å². The number of rotatable bonds is 7. The van der Waals surface area contributed by atoms with Crippen LogP contribution in [-0.2, 0) is 4.79 Å². The second kappa shape index (κ2) is 11.8. The third-order valence-electron chi connectivity index (χ3n) is 7.73. The van der Waals surface area contributed by atoms with Crippen LogP contribution in [0.1, 0.15) is 30.9 Å². The van der Waals surface area contributed by atoms with Crippen LogP contribution in [0, 0.1) is 5.41 Å². The van der Waals surface area contributed by atoms with E-state index in [0.29, 0.717) is 38.9 Å². The number of halogens is 7. The smallest absolute Gasteiger partial charge is 0.480 e. The highest BCUT2D eigenvalue weighted by molar-refractivity contribution is 6.30. The maximum atomic E-state index is 14.5. The fourth-order valence-corrected chi connectivity index (χ4v) is 5.80. The van der Waals surface area contributed by atoms with Gasteiger partial charge in [0.25, 0.3) is 0 Å². The van der Waals surface area contributed by atoms with Crippen LogP contribution in [0.3, 0.4) is 0 Å². The van der Waals surface area contributed by atoms with E-state index in [9.17, 15) is 36.2 Å². The van der Waals surface area contributed by atoms with E-state index < -0.39 is 47.8 Å². The van der Waals surface area contributed by atoms with E-state index >= 15 is 0 Å². The lowest BCUT2D eigenvalue weighted by atomic mass is 9.76. The number of carboxylic acids is 1. The Hall–Kier alpha value is -3.98. The van der Waals surface area contributed by atoms with Gasteiger partial charge in [-0.1, -0.05) is 29.8 Å². The fraction of sp³-hybridized carbons (Fsp3) is 0.393. The Morgan fingerprint density at radius 1 is 1.09 bits per heavy atom. The van der Waals surface area contributed by atoms with E-state index in [1.54, 1.807) is 0 Å². The number of nitrogens with two attached hydrogens (primary N) is 1. The van der Waals surface area contributed by atoms with Crippen molar-refractivity contribution in [3.8, 4) is 22.8 Å². The fourth-order valence-electron chi connectivity index (χ4n) is 5.63. The van der Waals surface area contributed by atoms with Crippen LogP contribution in [0.2, 0.25) is 5.02 Å². The molecule has 0 bridgehead atoms. The quantitative estimate of drug-likeness (QED) is 0.266. The first-order chi connectivity index (χ1) is 20.6. The molecule has 44 heavy (non-hydrogen) atoms. The molecule has 2 atom stereocenters. The summed E-state index contributed by atoms with van der Waals surface area (Å²) in [5.74, 6) is -2.12. The first-order valence-electron chi connectivity index (χ1n) is 13.4. The number of hydrogen-bond acceptors (Lipinski definition) is 8. The summed E-state index contributed by atoms with van der Waals surface area (Å²) in [6.45, 7) is 1.44. The maximum absolute atomic E-state index is 14.5. The van der Waals surface area contributed by atoms with Crippen molar-refractivity contribution in [3.63, 3.8) is 0 Å². The molecule has 2 aliphatic heterocycles. The molecule has 0 radical (unpaired) electrons. The molecular weight excluding hydrogens is 620 g/mol. The number of hydrogen-bond donors (Lipinski definition) is 3. The Morgan fingerprint density at radius 3 is 2.45 bits per heavy atom. The Labute approximate surface area is 251 Å². The van der Waals surface area contributed by atoms with Crippen LogP contribution in [0.4, 0.5) is 38.1 Å². The number of aliphatic carboxylic acids is 1. The van der Waals surface area contributed by atoms with Crippen molar-refractivity contribution < 1.29 is 45.7 Å². The Balaban J connectivity index is 1.42. The van der Waals surface area contributed by atoms with Crippen LogP contribution < -0.4 is 25.4 Å². The van der Waals surface area contributed by atoms with E-state index in [1.807, 2.05) is 4.90 Å². The van der Waals surface area contributed by atoms with Gasteiger partial charge in [0.05, 0.1) is 0 Å². The Kier molecular flexibility index (Phi) is 8.46. The Bertz CT molecular complexity index is 1530. The number of aromatic nitrogens is 2. The van der Waals surface area contributed by atoms with Gasteiger partial charge in [0.15, 0.2) is 0 Å². The first-order valence-corrected chi connectivity index (χ1v) is 13.7. The number of alkyl halides is 6. The molecule has 3 aromatic rings. The van der Waals surface area contributed by atoms with E-state index in [1.165, 1.54) is 30.3 Å². The third-order valence-corrected chi connectivity index (χ3v) is 7.96. The van der Waals surface area contributed by atoms with Gasteiger partial charge in [0.1, 0.15) is 17.6 Å². The average molecular weight is 646 g/mol. The standard InChI is InChI=1S/C28H26ClF6N5O4/c29-16-4-5-18(19(11-16)15-2-1-3-17(10-15)44-28(33,34)35)23(27(30,31)32)43-22-12-21(38-25(36)39-22)40-8-6-26(7-9-40)13-20(24(41)42)37-14-26/h1-5,10-12,20,23,37H,6-9,13-14H2,(H,41,42)(H2,36,38,39)/t20-,23?/m0/s1. The van der Waals surface area contributed by atoms with Gasteiger partial charge in [-0.15, -0.1) is 13.2 Å². The number of carboxylic acid groups (broad SMARTS) is 1. The number of benzene rings is 2. The molecule has 236 valence electrons. The molecule has 0 aliphatic carbocycles. The van der Waals surface area contributed by atoms with E-state index in [2.05, 4.69) is 20.0 Å². The summed E-state index contributed by atoms with van der Waals surface area (Å²) < 4.78 is 91.4. The van der Waals surface area contributed by atoms with Gasteiger partial charge in [0, 0.05) is 36.3 Å². The van der Waals surface area contributed by atoms with Crippen molar-refractivity contribution in [1.29, 1.82) is 0 Å². The lowest BCUT2D eigenvalue weighted by Crippen LogP contribution is -2.41. The number of ether oxygens (including phenoxy) is 2. The zero-order valence-corrected chi connectivity index (χ0v) is 23.5. The van der Waals surface area contributed by atoms with Crippen LogP contribution in [-0.4, -0.2) is 59.3 Å². The van der Waals surface area contributed by atoms with E-state index in [4.69, 9.17) is 22.1 Å². The number of piperidine rings is 1. The number of anilines is 2. The highest BCUT2D eigenvalue weighted by Gasteiger charge is 2.46. The van der Waals surface area contributed by atoms with Crippen molar-refractivity contribution in [2.75, 3.05) is 30.3 Å². The number of nitrogen functional groups attached to an aromatic ring is 1. The van der Waals surface area contributed by atoms with Crippen LogP contribution in [0.25, 0.3) is 11.1 Å². The largest absolute Gasteiger partial charge is 0.573 e. The van der Waals surface area contributed by atoms with Crippen molar-refractivity contribution in [3.05, 3.63) is 59.1 Å². The molecule has 1 unspecified atom stereocenters. The lowest BCUT2D eigenvalue weighted by Gasteiger charge is -2.39. The summed E-state index contributed by atoms with van der Waals surface area (Å²) in [7, 11) is 0. The zero-order chi connectivity index (χ0) is 31.9. The summed E-state index contributed by atoms with van der Waals surface area (Å²) in [6.07, 6.45) is -10.9. The predicted octanol–water partition coefficient (Wildman–Crippen LogP) is 5.99. The molecule has 2 aromatic carbocycles. The highest BCUT2D eigenvalue weighted by Crippen LogP contribution is 2.44. The molecular formula is C28H26ClF6N5O4. The molecule has 3 heterocycles. The molecule has 2 fully saturated rings. The summed E-state index contributed by atoms with van der Waals surface area (Å²) in [5, 5.41) is 12.4. The molecule has 2 saturated heterocycles. The minimum absolute atomic E-state index is 0.0289. The lowest BCUT2D eigenvalue weighted by molar-refractivity contribution is -0.274. The van der Waals surface area contributed by atoms with Crippen molar-refractivity contribution in [2.24, 2.45) is 5.41 Å². The summed E-state index contributed by atoms with van der Waals surface area (Å²) in [5.41, 5.74) is 5.03. The van der Waals surface area contributed by atoms with Gasteiger partial charge >= 0.3 is 18.5 Å². The molecule has 1 aromatic heterocycles. The Morgan fingerprint density at radius 2 is 1.82 bits per heavy atom. The normalized spacial score (nSPS) is 19.2. The molecule has 9 nitrogen and oxygen atoms in total. The second-order valence-electron chi connectivity index (χ2n) is 10.7. The third kappa shape index (κ3) is 7.21. The minimum atomic E-state index is -5.01. The summed E-state index contributed by atoms with van der Waals surface area (Å²) >= 11 is 6.08. The highest BCUT2D eigenvalue weighted by atomic mass is 35.5. The summed E-state index contributed by atoms with van der Waals surface area (Å²) in [6, 6.07) is 8.53. The van der Waals surface area contributed by atoms with E-state index in [0.717, 1.165) is 18.2 Å². The van der Waals surface area contributed by atoms with Crippen molar-refractivity contribution >= 4 is 29.3 Å². The maximum Gasteiger partial charge on any atom is 0.573 e. The molecule has 0 amide bonds. The number of nitrogens with one attached hydrogen (secondary N) is 1. The molecule has 2 aliphatic rings. The predicted molar refractivity (Wildman–Crippen MR) is 147 cm³/mol. The van der Waals surface area contributed by atoms with Gasteiger partial charge in [-0.25, -0.2) is 0 Å². The van der Waals surface area contributed by atoms with Gasteiger partial charge in [-0.05, 0) is 60.1 Å². The van der Waals surface area contributed by atoms with Crippen LogP contribution in [0.15, 0.2) is 48.5 Å². The van der Waals surface area contributed by atoms with Gasteiger partial charge in [-0.3, -0.25) is 4.79 Å². The van der Waals surface area contributed by atoms with Gasteiger partial charge in [0.2, 0.25) is 17.9 Å². The van der Waals surface area contributed by atoms with Crippen molar-refractivity contribution in [2.45, 2.75) is 43.9 Å². The minimum Gasteiger partial charge on any atom is -0.480 e. The monoisotopic (exact) mass is 645 g/mol. The molecule has 4 N–H and O–H groups in total. The second-order valence-corrected chi connectivity index (χ2v) is 11.2. The molecule has 5 rings (SSSR count). The van der Waals surface area contributed by atoms with Crippen LogP contribution in [0.5, 0.6) is 11.6 Å². The number of nitrogens with zero attached hydrogens (tertiary/aromatic N) is 3.